The van der Waals surface area contributed by atoms with E-state index in [0.29, 0.717) is 12.5 Å². The summed E-state index contributed by atoms with van der Waals surface area (Å²) in [5.74, 6) is 1.32. The van der Waals surface area contributed by atoms with E-state index in [0.717, 1.165) is 16.6 Å². The summed E-state index contributed by atoms with van der Waals surface area (Å²) < 4.78 is 6.76. The molecule has 0 fully saturated rings. The maximum atomic E-state index is 5.81. The van der Waals surface area contributed by atoms with Crippen molar-refractivity contribution in [3.8, 4) is 5.75 Å². The fourth-order valence-electron chi connectivity index (χ4n) is 2.73. The summed E-state index contributed by atoms with van der Waals surface area (Å²) >= 11 is 3.74. The molecule has 0 bridgehead atoms. The highest BCUT2D eigenvalue weighted by molar-refractivity contribution is 9.10. The summed E-state index contributed by atoms with van der Waals surface area (Å²) in [6, 6.07) is 2.32. The van der Waals surface area contributed by atoms with Gasteiger partial charge in [-0.05, 0) is 70.8 Å². The van der Waals surface area contributed by atoms with Crippen LogP contribution in [-0.2, 0) is 12.8 Å². The van der Waals surface area contributed by atoms with E-state index >= 15 is 0 Å². The van der Waals surface area contributed by atoms with Crippen molar-refractivity contribution in [1.29, 1.82) is 0 Å². The molecule has 100 valence electrons. The summed E-state index contributed by atoms with van der Waals surface area (Å²) in [6.07, 6.45) is 6.24. The quantitative estimate of drug-likeness (QED) is 0.862. The van der Waals surface area contributed by atoms with Crippen molar-refractivity contribution < 1.29 is 4.74 Å². The van der Waals surface area contributed by atoms with Gasteiger partial charge in [0.15, 0.2) is 0 Å². The highest BCUT2D eigenvalue weighted by atomic mass is 79.9. The third kappa shape index (κ3) is 2.57. The Hall–Kier alpha value is -0.540. The molecule has 0 amide bonds. The Kier molecular flexibility index (Phi) is 4.68. The van der Waals surface area contributed by atoms with Crippen molar-refractivity contribution in [2.75, 3.05) is 13.7 Å². The third-order valence-corrected chi connectivity index (χ3v) is 4.74. The predicted octanol–water partition coefficient (Wildman–Crippen LogP) is 3.79. The van der Waals surface area contributed by atoms with E-state index in [2.05, 4.69) is 28.9 Å². The van der Waals surface area contributed by atoms with Gasteiger partial charge in [0.2, 0.25) is 0 Å². The van der Waals surface area contributed by atoms with Crippen molar-refractivity contribution in [2.24, 2.45) is 5.73 Å². The topological polar surface area (TPSA) is 35.2 Å². The van der Waals surface area contributed by atoms with Gasteiger partial charge in [-0.15, -0.1) is 0 Å². The lowest BCUT2D eigenvalue weighted by atomic mass is 9.93. The number of fused-ring (bicyclic) bond motifs is 1. The first-order valence-corrected chi connectivity index (χ1v) is 7.56. The minimum atomic E-state index is 0.338. The lowest BCUT2D eigenvalue weighted by molar-refractivity contribution is 0.403. The van der Waals surface area contributed by atoms with Gasteiger partial charge in [-0.1, -0.05) is 19.4 Å². The van der Waals surface area contributed by atoms with Crippen LogP contribution < -0.4 is 10.5 Å². The van der Waals surface area contributed by atoms with E-state index in [9.17, 15) is 0 Å². The first kappa shape index (κ1) is 13.9. The predicted molar refractivity (Wildman–Crippen MR) is 79.4 cm³/mol. The fraction of sp³-hybridized carbons (Fsp3) is 0.600. The number of ether oxygens (including phenoxy) is 1. The van der Waals surface area contributed by atoms with Gasteiger partial charge in [0.25, 0.3) is 0 Å². The molecule has 0 spiro atoms. The smallest absolute Gasteiger partial charge is 0.136 e. The normalized spacial score (nSPS) is 16.9. The second kappa shape index (κ2) is 6.07. The van der Waals surface area contributed by atoms with Crippen LogP contribution in [0.1, 0.15) is 48.8 Å². The minimum Gasteiger partial charge on any atom is -0.495 e. The average Bonchev–Trinajstić information content (AvgIpc) is 2.63. The van der Waals surface area contributed by atoms with Gasteiger partial charge in [0.1, 0.15) is 5.75 Å². The zero-order valence-electron chi connectivity index (χ0n) is 11.3. The second-order valence-corrected chi connectivity index (χ2v) is 5.94. The molecule has 0 saturated carbocycles. The number of nitrogens with two attached hydrogens (primary N) is 1. The van der Waals surface area contributed by atoms with Crippen molar-refractivity contribution >= 4 is 15.9 Å². The van der Waals surface area contributed by atoms with Crippen molar-refractivity contribution in [3.05, 3.63) is 27.2 Å². The summed E-state index contributed by atoms with van der Waals surface area (Å²) in [7, 11) is 1.75. The Balaban J connectivity index is 2.54. The van der Waals surface area contributed by atoms with Crippen molar-refractivity contribution in [1.82, 2.24) is 0 Å². The van der Waals surface area contributed by atoms with Crippen LogP contribution in [0.4, 0.5) is 0 Å². The monoisotopic (exact) mass is 311 g/mol. The molecule has 0 aromatic heterocycles. The zero-order chi connectivity index (χ0) is 13.1. The Morgan fingerprint density at radius 1 is 1.33 bits per heavy atom. The standard InChI is InChI=1S/C15H22BrNO/c1-10(9-17)13-8-11-6-4-3-5-7-12(11)14(16)15(13)18-2/h8,10H,3-7,9,17H2,1-2H3. The van der Waals surface area contributed by atoms with E-state index in [-0.39, 0.29) is 0 Å². The van der Waals surface area contributed by atoms with Crippen molar-refractivity contribution in [2.45, 2.75) is 44.9 Å². The third-order valence-electron chi connectivity index (χ3n) is 3.91. The maximum absolute atomic E-state index is 5.81. The average molecular weight is 312 g/mol. The van der Waals surface area contributed by atoms with Crippen LogP contribution in [0.2, 0.25) is 0 Å². The first-order valence-electron chi connectivity index (χ1n) is 6.77. The first-order chi connectivity index (χ1) is 8.69. The van der Waals surface area contributed by atoms with Crippen LogP contribution in [0, 0.1) is 0 Å². The van der Waals surface area contributed by atoms with Crippen LogP contribution in [0.5, 0.6) is 5.75 Å². The summed E-state index contributed by atoms with van der Waals surface area (Å²) in [6.45, 7) is 2.81. The molecular weight excluding hydrogens is 290 g/mol. The molecule has 1 aliphatic carbocycles. The highest BCUT2D eigenvalue weighted by Gasteiger charge is 2.20. The van der Waals surface area contributed by atoms with Gasteiger partial charge < -0.3 is 10.5 Å². The number of halogens is 1. The van der Waals surface area contributed by atoms with E-state index in [1.807, 2.05) is 0 Å². The molecule has 1 atom stereocenters. The lowest BCUT2D eigenvalue weighted by Gasteiger charge is -2.20. The largest absolute Gasteiger partial charge is 0.495 e. The molecule has 0 aliphatic heterocycles. The van der Waals surface area contributed by atoms with Crippen LogP contribution in [0.3, 0.4) is 0 Å². The molecule has 1 aromatic rings. The van der Waals surface area contributed by atoms with E-state index in [1.54, 1.807) is 7.11 Å². The van der Waals surface area contributed by atoms with E-state index in [1.165, 1.54) is 42.4 Å². The highest BCUT2D eigenvalue weighted by Crippen LogP contribution is 2.40. The van der Waals surface area contributed by atoms with Crippen LogP contribution >= 0.6 is 15.9 Å². The molecule has 2 rings (SSSR count). The molecule has 2 nitrogen and oxygen atoms in total. The van der Waals surface area contributed by atoms with Crippen molar-refractivity contribution in [3.63, 3.8) is 0 Å². The summed E-state index contributed by atoms with van der Waals surface area (Å²) in [5, 5.41) is 0. The summed E-state index contributed by atoms with van der Waals surface area (Å²) in [5.41, 5.74) is 9.98. The van der Waals surface area contributed by atoms with Gasteiger partial charge >= 0.3 is 0 Å². The van der Waals surface area contributed by atoms with Gasteiger partial charge in [0.05, 0.1) is 11.6 Å². The second-order valence-electron chi connectivity index (χ2n) is 5.15. The summed E-state index contributed by atoms with van der Waals surface area (Å²) in [4.78, 5) is 0. The van der Waals surface area contributed by atoms with Crippen LogP contribution in [0.25, 0.3) is 0 Å². The Bertz CT molecular complexity index is 431. The molecule has 2 N–H and O–H groups in total. The number of hydrogen-bond acceptors (Lipinski definition) is 2. The van der Waals surface area contributed by atoms with Gasteiger partial charge in [-0.3, -0.25) is 0 Å². The van der Waals surface area contributed by atoms with E-state index < -0.39 is 0 Å². The lowest BCUT2D eigenvalue weighted by Crippen LogP contribution is -2.12. The Labute approximate surface area is 118 Å². The molecule has 1 aromatic carbocycles. The molecule has 0 radical (unpaired) electrons. The molecule has 18 heavy (non-hydrogen) atoms. The Morgan fingerprint density at radius 3 is 2.72 bits per heavy atom. The van der Waals surface area contributed by atoms with Crippen LogP contribution in [-0.4, -0.2) is 13.7 Å². The number of rotatable bonds is 3. The number of methoxy groups -OCH3 is 1. The maximum Gasteiger partial charge on any atom is 0.136 e. The number of hydrogen-bond donors (Lipinski definition) is 1. The molecule has 3 heteroatoms. The SMILES string of the molecule is COc1c(C(C)CN)cc2c(c1Br)CCCCC2. The van der Waals surface area contributed by atoms with Gasteiger partial charge in [0, 0.05) is 0 Å². The fourth-order valence-corrected chi connectivity index (χ4v) is 3.58. The molecular formula is C15H22BrNO. The van der Waals surface area contributed by atoms with Crippen LogP contribution in [0.15, 0.2) is 10.5 Å². The minimum absolute atomic E-state index is 0.338. The number of benzene rings is 1. The van der Waals surface area contributed by atoms with Gasteiger partial charge in [-0.25, -0.2) is 0 Å². The van der Waals surface area contributed by atoms with E-state index in [4.69, 9.17) is 10.5 Å². The number of aryl methyl sites for hydroxylation is 1. The molecule has 1 unspecified atom stereocenters. The molecule has 0 saturated heterocycles. The zero-order valence-corrected chi connectivity index (χ0v) is 12.8. The molecule has 1 aliphatic rings. The van der Waals surface area contributed by atoms with Gasteiger partial charge in [-0.2, -0.15) is 0 Å². The molecule has 0 heterocycles. The Morgan fingerprint density at radius 2 is 2.06 bits per heavy atom.